The normalized spacial score (nSPS) is 13.9. The molecule has 2 heterocycles. The van der Waals surface area contributed by atoms with Crippen molar-refractivity contribution in [1.29, 1.82) is 5.41 Å². The lowest BCUT2D eigenvalue weighted by molar-refractivity contribution is 0.608. The van der Waals surface area contributed by atoms with Crippen LogP contribution in [0.4, 0.5) is 28.4 Å². The third-order valence-electron chi connectivity index (χ3n) is 15.6. The summed E-state index contributed by atoms with van der Waals surface area (Å²) in [5.74, 6) is 0.345. The molecule has 2 aliphatic rings. The van der Waals surface area contributed by atoms with Crippen LogP contribution in [0.1, 0.15) is 79.2 Å². The quantitative estimate of drug-likeness (QED) is 0.0480. The smallest absolute Gasteiger partial charge is 0.113 e. The Morgan fingerprint density at radius 2 is 1.01 bits per heavy atom. The van der Waals surface area contributed by atoms with Gasteiger partial charge in [-0.2, -0.15) is 8.75 Å². The van der Waals surface area contributed by atoms with Crippen LogP contribution in [0, 0.1) is 5.41 Å². The number of rotatable bonds is 19. The van der Waals surface area contributed by atoms with Gasteiger partial charge in [-0.15, -0.1) is 0 Å². The van der Waals surface area contributed by atoms with Crippen molar-refractivity contribution in [3.63, 3.8) is 0 Å². The van der Waals surface area contributed by atoms with E-state index < -0.39 is 0 Å². The van der Waals surface area contributed by atoms with Crippen LogP contribution in [-0.4, -0.2) is 26.7 Å². The second-order valence-electron chi connectivity index (χ2n) is 20.7. The third kappa shape index (κ3) is 11.2. The van der Waals surface area contributed by atoms with E-state index in [1.807, 2.05) is 11.8 Å². The average molecular weight is 1100 g/mol. The minimum absolute atomic E-state index is 0.345. The molecule has 0 saturated heterocycles. The number of hydrogen-bond acceptors (Lipinski definition) is 9. The second-order valence-corrected chi connectivity index (χ2v) is 22.6. The number of benzene rings is 9. The van der Waals surface area contributed by atoms with Crippen LogP contribution in [0.25, 0.3) is 44.4 Å². The maximum absolute atomic E-state index is 9.56. The minimum Gasteiger partial charge on any atom is -0.340 e. The summed E-state index contributed by atoms with van der Waals surface area (Å²) < 4.78 is 14.4. The van der Waals surface area contributed by atoms with Gasteiger partial charge in [0.05, 0.1) is 28.8 Å². The summed E-state index contributed by atoms with van der Waals surface area (Å²) in [5, 5.41) is 9.56. The van der Waals surface area contributed by atoms with Crippen molar-refractivity contribution in [1.82, 2.24) is 8.75 Å². The molecule has 0 saturated carbocycles. The zero-order chi connectivity index (χ0) is 54.2. The monoisotopic (exact) mass is 1090 g/mol. The van der Waals surface area contributed by atoms with Gasteiger partial charge in [0.1, 0.15) is 16.7 Å². The first-order valence-corrected chi connectivity index (χ1v) is 29.9. The summed E-state index contributed by atoms with van der Waals surface area (Å²) in [5.41, 5.74) is 20.5. The van der Waals surface area contributed by atoms with E-state index in [9.17, 15) is 5.41 Å². The minimum atomic E-state index is 0.345. The number of nitrogens with one attached hydrogen (secondary N) is 1. The molecule has 1 N–H and O–H groups in total. The summed E-state index contributed by atoms with van der Waals surface area (Å²) >= 11 is 7.59. The number of fused-ring (bicyclic) bond motifs is 3. The maximum Gasteiger partial charge on any atom is 0.113 e. The summed E-state index contributed by atoms with van der Waals surface area (Å²) in [6.07, 6.45) is 13.4. The lowest BCUT2D eigenvalue weighted by atomic mass is 9.84. The van der Waals surface area contributed by atoms with Crippen LogP contribution in [0.15, 0.2) is 245 Å². The van der Waals surface area contributed by atoms with Gasteiger partial charge < -0.3 is 9.80 Å². The molecule has 1 aliphatic heterocycles. The molecule has 9 aromatic carbocycles. The Balaban J connectivity index is 0.822. The van der Waals surface area contributed by atoms with Crippen molar-refractivity contribution in [3.05, 3.63) is 258 Å². The van der Waals surface area contributed by atoms with Gasteiger partial charge in [0.2, 0.25) is 0 Å². The summed E-state index contributed by atoms with van der Waals surface area (Å²) in [7, 11) is 0. The van der Waals surface area contributed by atoms with Crippen LogP contribution in [0.2, 0.25) is 0 Å². The highest BCUT2D eigenvalue weighted by molar-refractivity contribution is 7.99. The molecule has 0 amide bonds. The second kappa shape index (κ2) is 24.5. The molecular weight excluding hydrogens is 1030 g/mol. The number of anilines is 5. The predicted octanol–water partition coefficient (Wildman–Crippen LogP) is 19.8. The van der Waals surface area contributed by atoms with Crippen molar-refractivity contribution in [3.8, 4) is 22.3 Å². The van der Waals surface area contributed by atoms with Crippen LogP contribution >= 0.6 is 36.3 Å². The number of unbranched alkanes of at least 4 members (excludes halogenated alkanes) is 5. The number of nitrogens with zero attached hydrogens (tertiary/aromatic N) is 5. The average Bonchev–Trinajstić information content (AvgIpc) is 4.07. The Labute approximate surface area is 484 Å². The molecule has 0 spiro atoms. The molecule has 1 aliphatic carbocycles. The fourth-order valence-electron chi connectivity index (χ4n) is 11.4. The molecule has 0 radical (unpaired) electrons. The third-order valence-corrected chi connectivity index (χ3v) is 17.4. The zero-order valence-corrected chi connectivity index (χ0v) is 47.4. The molecule has 0 fully saturated rings. The molecule has 10 aromatic rings. The van der Waals surface area contributed by atoms with Gasteiger partial charge in [0.25, 0.3) is 0 Å². The predicted molar refractivity (Wildman–Crippen MR) is 343 cm³/mol. The van der Waals surface area contributed by atoms with Crippen LogP contribution < -0.4 is 9.80 Å². The van der Waals surface area contributed by atoms with E-state index >= 15 is 0 Å². The molecule has 12 rings (SSSR count). The van der Waals surface area contributed by atoms with Gasteiger partial charge in [-0.25, -0.2) is 4.40 Å². The van der Waals surface area contributed by atoms with Crippen molar-refractivity contribution in [2.75, 3.05) is 16.3 Å². The van der Waals surface area contributed by atoms with Gasteiger partial charge in [0.15, 0.2) is 0 Å². The fourth-order valence-corrected chi connectivity index (χ4v) is 13.4. The van der Waals surface area contributed by atoms with E-state index in [1.54, 1.807) is 0 Å². The van der Waals surface area contributed by atoms with E-state index in [2.05, 4.69) is 264 Å². The highest BCUT2D eigenvalue weighted by Gasteiger charge is 2.28. The van der Waals surface area contributed by atoms with E-state index in [0.29, 0.717) is 17.3 Å². The number of hydrogen-bond donors (Lipinski definition) is 2. The van der Waals surface area contributed by atoms with Crippen LogP contribution in [0.5, 0.6) is 0 Å². The van der Waals surface area contributed by atoms with E-state index in [-0.39, 0.29) is 0 Å². The SMILES string of the molecule is CCCCCCCCN1c2ccc(C3=CC=C(c4ccc(CC(Cc5ccccc5)c5ccccc5)cc4)C(=N)/C3=N\S)cc2Sc2cc(-c3ccc(-c4ccc(N(c5ccccc5)c5ccccc5)cc4)c4nsnc34)ccc21. The maximum atomic E-state index is 9.56. The van der Waals surface area contributed by atoms with Crippen molar-refractivity contribution in [2.45, 2.75) is 74.0 Å². The van der Waals surface area contributed by atoms with Crippen molar-refractivity contribution in [2.24, 2.45) is 4.40 Å². The van der Waals surface area contributed by atoms with Crippen LogP contribution in [0.3, 0.4) is 0 Å². The number of aromatic nitrogens is 2. The van der Waals surface area contributed by atoms with Gasteiger partial charge in [-0.1, -0.05) is 221 Å². The topological polar surface area (TPSA) is 68.5 Å². The molecule has 9 heteroatoms. The van der Waals surface area contributed by atoms with Crippen molar-refractivity contribution >= 4 is 98.3 Å². The lowest BCUT2D eigenvalue weighted by Gasteiger charge is -2.34. The summed E-state index contributed by atoms with van der Waals surface area (Å²) in [6, 6.07) is 78.2. The fraction of sp³-hybridized carbons (Fsp3) is 0.155. The number of allylic oxidation sites excluding steroid dienone is 4. The Hall–Kier alpha value is -8.08. The first-order valence-electron chi connectivity index (χ1n) is 27.9. The molecule has 6 nitrogen and oxygen atoms in total. The van der Waals surface area contributed by atoms with Crippen molar-refractivity contribution < 1.29 is 0 Å². The summed E-state index contributed by atoms with van der Waals surface area (Å²) in [4.78, 5) is 7.18. The number of para-hydroxylation sites is 2. The van der Waals surface area contributed by atoms with E-state index in [4.69, 9.17) is 8.75 Å². The summed E-state index contributed by atoms with van der Waals surface area (Å²) in [6.45, 7) is 3.20. The Bertz CT molecular complexity index is 3830. The highest BCUT2D eigenvalue weighted by Crippen LogP contribution is 2.51. The first-order chi connectivity index (χ1) is 39.5. The highest BCUT2D eigenvalue weighted by atomic mass is 32.2. The first kappa shape index (κ1) is 52.6. The zero-order valence-electron chi connectivity index (χ0n) is 44.9. The van der Waals surface area contributed by atoms with Gasteiger partial charge >= 0.3 is 0 Å². The van der Waals surface area contributed by atoms with Gasteiger partial charge in [0, 0.05) is 55.7 Å². The van der Waals surface area contributed by atoms with Gasteiger partial charge in [-0.05, 0) is 138 Å². The Morgan fingerprint density at radius 3 is 1.64 bits per heavy atom. The lowest BCUT2D eigenvalue weighted by Crippen LogP contribution is -2.23. The number of thiol groups is 1. The largest absolute Gasteiger partial charge is 0.340 e. The molecule has 0 bridgehead atoms. The van der Waals surface area contributed by atoms with Crippen LogP contribution in [-0.2, 0) is 12.8 Å². The molecule has 1 aromatic heterocycles. The molecule has 1 unspecified atom stereocenters. The van der Waals surface area contributed by atoms with E-state index in [1.165, 1.54) is 81.7 Å². The molecular formula is C71H62N6S3. The Morgan fingerprint density at radius 1 is 0.512 bits per heavy atom. The standard InChI is InChI=1S/C71H62N6S3/c1-2-3-4-5-6-19-44-76-64-42-34-54(62-39-38-60(68(72)69(62)73-78)52-30-28-50(29-31-52)46-56(51-22-13-8-14-23-51)45-49-20-11-7-12-21-49)47-66(64)79-67-48-55(35-43-65(67)76)63-41-40-61(70-71(63)75-80-74-70)53-32-36-59(37-33-53)77(57-24-15-9-16-25-57)58-26-17-10-18-27-58/h7-18,20-43,47-48,56,72,78H,2-6,19,44-46H2,1H3/b72-68?,73-69-. The molecule has 1 atom stereocenters. The van der Waals surface area contributed by atoms with Gasteiger partial charge in [-0.3, -0.25) is 5.41 Å². The molecule has 80 heavy (non-hydrogen) atoms. The Kier molecular flexibility index (Phi) is 16.1. The molecule has 394 valence electrons. The van der Waals surface area contributed by atoms with E-state index in [0.717, 1.165) is 98.4 Å².